The maximum Gasteiger partial charge on any atom is 0.138 e. The third kappa shape index (κ3) is 6.93. The fraction of sp³-hybridized carbons (Fsp3) is 0.875. The zero-order valence-corrected chi connectivity index (χ0v) is 13.6. The summed E-state index contributed by atoms with van der Waals surface area (Å²) < 4.78 is 0. The predicted molar refractivity (Wildman–Crippen MR) is 80.3 cm³/mol. The second-order valence-electron chi connectivity index (χ2n) is 7.60. The summed E-state index contributed by atoms with van der Waals surface area (Å²) in [6.45, 7) is 17.7. The van der Waals surface area contributed by atoms with Crippen LogP contribution in [0, 0.1) is 16.7 Å². The van der Waals surface area contributed by atoms with Gasteiger partial charge in [0, 0.05) is 24.1 Å². The summed E-state index contributed by atoms with van der Waals surface area (Å²) in [7, 11) is 0. The lowest BCUT2D eigenvalue weighted by Crippen LogP contribution is -2.25. The molecular weight excluding hydrogens is 222 g/mol. The van der Waals surface area contributed by atoms with Gasteiger partial charge in [0.15, 0.2) is 0 Å². The molecular formula is C16H31NO. The molecule has 0 unspecified atom stereocenters. The van der Waals surface area contributed by atoms with Crippen molar-refractivity contribution in [3.05, 3.63) is 0 Å². The van der Waals surface area contributed by atoms with Gasteiger partial charge in [-0.15, -0.1) is 0 Å². The second-order valence-corrected chi connectivity index (χ2v) is 7.60. The van der Waals surface area contributed by atoms with Crippen LogP contribution in [0.1, 0.15) is 68.2 Å². The molecule has 0 saturated carbocycles. The number of hydrogen-bond donors (Lipinski definition) is 0. The monoisotopic (exact) mass is 253 g/mol. The van der Waals surface area contributed by atoms with Crippen LogP contribution in [-0.2, 0) is 4.79 Å². The molecule has 0 saturated heterocycles. The Morgan fingerprint density at radius 1 is 0.944 bits per heavy atom. The lowest BCUT2D eigenvalue weighted by molar-refractivity contribution is -0.126. The molecule has 0 aliphatic carbocycles. The van der Waals surface area contributed by atoms with Crippen LogP contribution in [-0.4, -0.2) is 18.0 Å². The molecule has 0 N–H and O–H groups in total. The van der Waals surface area contributed by atoms with Crippen molar-refractivity contribution in [1.29, 1.82) is 0 Å². The Balaban J connectivity index is 4.64. The number of rotatable bonds is 5. The molecule has 0 fully saturated rings. The van der Waals surface area contributed by atoms with Crippen LogP contribution in [0.25, 0.3) is 0 Å². The van der Waals surface area contributed by atoms with Gasteiger partial charge in [0.2, 0.25) is 0 Å². The van der Waals surface area contributed by atoms with Gasteiger partial charge in [0.25, 0.3) is 0 Å². The highest BCUT2D eigenvalue weighted by Gasteiger charge is 2.24. The van der Waals surface area contributed by atoms with E-state index in [-0.39, 0.29) is 10.8 Å². The van der Waals surface area contributed by atoms with Gasteiger partial charge in [-0.3, -0.25) is 9.79 Å². The molecule has 0 amide bonds. The summed E-state index contributed by atoms with van der Waals surface area (Å²) in [5.41, 5.74) is 1.00. The van der Waals surface area contributed by atoms with Crippen molar-refractivity contribution in [1.82, 2.24) is 0 Å². The first kappa shape index (κ1) is 17.3. The van der Waals surface area contributed by atoms with E-state index in [0.717, 1.165) is 13.0 Å². The number of Topliss-reactive ketones (excluding diaryl/α,β-unsaturated/α-hetero) is 1. The number of carbonyl (C=O) groups is 1. The molecule has 0 bridgehead atoms. The summed E-state index contributed by atoms with van der Waals surface area (Å²) in [6.07, 6.45) is 1.41. The molecule has 0 atom stereocenters. The van der Waals surface area contributed by atoms with Crippen molar-refractivity contribution in [3.63, 3.8) is 0 Å². The number of hydrogen-bond acceptors (Lipinski definition) is 2. The highest BCUT2D eigenvalue weighted by atomic mass is 16.1. The number of aliphatic imine (C=N–C) groups is 1. The van der Waals surface area contributed by atoms with E-state index in [4.69, 9.17) is 4.99 Å². The molecule has 0 rings (SSSR count). The first-order chi connectivity index (χ1) is 7.94. The van der Waals surface area contributed by atoms with Gasteiger partial charge in [0.1, 0.15) is 5.78 Å². The van der Waals surface area contributed by atoms with Crippen molar-refractivity contribution >= 4 is 11.5 Å². The molecule has 0 radical (unpaired) electrons. The topological polar surface area (TPSA) is 29.4 Å². The predicted octanol–water partition coefficient (Wildman–Crippen LogP) is 4.52. The molecule has 106 valence electrons. The number of nitrogens with zero attached hydrogens (tertiary/aromatic N) is 1. The van der Waals surface area contributed by atoms with Crippen LogP contribution in [0.4, 0.5) is 0 Å². The smallest absolute Gasteiger partial charge is 0.138 e. The Morgan fingerprint density at radius 2 is 1.44 bits per heavy atom. The fourth-order valence-electron chi connectivity index (χ4n) is 1.59. The maximum atomic E-state index is 12.0. The largest absolute Gasteiger partial charge is 0.299 e. The van der Waals surface area contributed by atoms with Crippen molar-refractivity contribution in [2.75, 3.05) is 6.54 Å². The van der Waals surface area contributed by atoms with Crippen LogP contribution in [0.2, 0.25) is 0 Å². The lowest BCUT2D eigenvalue weighted by atomic mass is 9.83. The second kappa shape index (κ2) is 6.49. The zero-order chi connectivity index (χ0) is 14.6. The highest BCUT2D eigenvalue weighted by Crippen LogP contribution is 2.23. The number of carbonyl (C=O) groups excluding carboxylic acids is 1. The van der Waals surface area contributed by atoms with Crippen LogP contribution < -0.4 is 0 Å². The lowest BCUT2D eigenvalue weighted by Gasteiger charge is -2.24. The van der Waals surface area contributed by atoms with Gasteiger partial charge < -0.3 is 0 Å². The minimum atomic E-state index is -0.235. The zero-order valence-electron chi connectivity index (χ0n) is 13.6. The van der Waals surface area contributed by atoms with Gasteiger partial charge in [-0.1, -0.05) is 55.4 Å². The van der Waals surface area contributed by atoms with Crippen molar-refractivity contribution < 1.29 is 4.79 Å². The fourth-order valence-corrected chi connectivity index (χ4v) is 1.59. The molecule has 0 aliphatic rings. The van der Waals surface area contributed by atoms with Gasteiger partial charge >= 0.3 is 0 Å². The minimum absolute atomic E-state index is 0.0626. The molecule has 0 spiro atoms. The van der Waals surface area contributed by atoms with Gasteiger partial charge in [-0.05, 0) is 17.8 Å². The summed E-state index contributed by atoms with van der Waals surface area (Å²) in [4.78, 5) is 16.7. The molecule has 0 aliphatic heterocycles. The molecule has 0 aromatic heterocycles. The first-order valence-electron chi connectivity index (χ1n) is 7.01. The summed E-state index contributed by atoms with van der Waals surface area (Å²) in [5.74, 6) is 0.893. The summed E-state index contributed by atoms with van der Waals surface area (Å²) in [5, 5.41) is 0. The van der Waals surface area contributed by atoms with Crippen LogP contribution in [0.5, 0.6) is 0 Å². The third-order valence-electron chi connectivity index (χ3n) is 2.94. The van der Waals surface area contributed by atoms with E-state index in [1.54, 1.807) is 0 Å². The average molecular weight is 253 g/mol. The van der Waals surface area contributed by atoms with E-state index in [2.05, 4.69) is 34.6 Å². The van der Waals surface area contributed by atoms with Crippen molar-refractivity contribution in [2.24, 2.45) is 21.7 Å². The molecule has 2 heteroatoms. The molecule has 18 heavy (non-hydrogen) atoms. The Bertz CT molecular complexity index is 300. The Kier molecular flexibility index (Phi) is 6.25. The Morgan fingerprint density at radius 3 is 1.78 bits per heavy atom. The van der Waals surface area contributed by atoms with E-state index in [0.29, 0.717) is 18.1 Å². The highest BCUT2D eigenvalue weighted by molar-refractivity contribution is 5.93. The molecule has 2 nitrogen and oxygen atoms in total. The summed E-state index contributed by atoms with van der Waals surface area (Å²) >= 11 is 0. The van der Waals surface area contributed by atoms with Crippen LogP contribution in [0.3, 0.4) is 0 Å². The van der Waals surface area contributed by atoms with Crippen molar-refractivity contribution in [3.8, 4) is 0 Å². The quantitative estimate of drug-likeness (QED) is 0.662. The third-order valence-corrected chi connectivity index (χ3v) is 2.94. The number of ketones is 1. The normalized spacial score (nSPS) is 14.2. The summed E-state index contributed by atoms with van der Waals surface area (Å²) in [6, 6.07) is 0. The Hall–Kier alpha value is -0.660. The van der Waals surface area contributed by atoms with E-state index >= 15 is 0 Å². The minimum Gasteiger partial charge on any atom is -0.299 e. The van der Waals surface area contributed by atoms with E-state index in [9.17, 15) is 4.79 Å². The molecule has 0 aromatic rings. The SMILES string of the molecule is CC(C)CN=C(CCC(=O)C(C)(C)C)C(C)(C)C. The van der Waals surface area contributed by atoms with E-state index < -0.39 is 0 Å². The van der Waals surface area contributed by atoms with Gasteiger partial charge in [-0.2, -0.15) is 0 Å². The average Bonchev–Trinajstić information content (AvgIpc) is 2.12. The standard InChI is InChI=1S/C16H31NO/c1-12(2)11-17-13(15(3,4)5)9-10-14(18)16(6,7)8/h12H,9-11H2,1-8H3. The van der Waals surface area contributed by atoms with E-state index in [1.165, 1.54) is 5.71 Å². The maximum absolute atomic E-state index is 12.0. The molecule has 0 aromatic carbocycles. The first-order valence-corrected chi connectivity index (χ1v) is 7.01. The molecule has 0 heterocycles. The Labute approximate surface area is 113 Å². The van der Waals surface area contributed by atoms with Crippen LogP contribution >= 0.6 is 0 Å². The van der Waals surface area contributed by atoms with Gasteiger partial charge in [-0.25, -0.2) is 0 Å². The van der Waals surface area contributed by atoms with Crippen molar-refractivity contribution in [2.45, 2.75) is 68.2 Å². The van der Waals surface area contributed by atoms with Crippen LogP contribution in [0.15, 0.2) is 4.99 Å². The van der Waals surface area contributed by atoms with E-state index in [1.807, 2.05) is 20.8 Å². The van der Waals surface area contributed by atoms with Gasteiger partial charge in [0.05, 0.1) is 0 Å².